The van der Waals surface area contributed by atoms with Crippen molar-refractivity contribution < 1.29 is 9.59 Å². The summed E-state index contributed by atoms with van der Waals surface area (Å²) < 4.78 is 1.12. The number of nitrogens with one attached hydrogen (secondary N) is 2. The zero-order valence-electron chi connectivity index (χ0n) is 13.7. The molecule has 2 aliphatic rings. The molecule has 24 heavy (non-hydrogen) atoms. The number of anilines is 1. The van der Waals surface area contributed by atoms with Crippen molar-refractivity contribution >= 4 is 39.1 Å². The van der Waals surface area contributed by atoms with E-state index in [9.17, 15) is 9.59 Å². The van der Waals surface area contributed by atoms with Crippen LogP contribution in [0.5, 0.6) is 0 Å². The molecular formula is C18H21N3O2S. The van der Waals surface area contributed by atoms with Crippen molar-refractivity contribution in [3.63, 3.8) is 0 Å². The Hall–Kier alpha value is -1.95. The van der Waals surface area contributed by atoms with Crippen molar-refractivity contribution in [1.29, 1.82) is 0 Å². The molecule has 0 unspecified atom stereocenters. The molecule has 0 radical (unpaired) electrons. The highest BCUT2D eigenvalue weighted by atomic mass is 32.1. The lowest BCUT2D eigenvalue weighted by Gasteiger charge is -2.06. The topological polar surface area (TPSA) is 71.1 Å². The van der Waals surface area contributed by atoms with E-state index in [1.165, 1.54) is 17.8 Å². The Kier molecular flexibility index (Phi) is 4.00. The summed E-state index contributed by atoms with van der Waals surface area (Å²) in [6.07, 6.45) is 3.75. The molecule has 2 aromatic rings. The number of fused-ring (bicyclic) bond motifs is 1. The van der Waals surface area contributed by atoms with E-state index in [2.05, 4.69) is 22.5 Å². The lowest BCUT2D eigenvalue weighted by atomic mass is 10.2. The quantitative estimate of drug-likeness (QED) is 0.845. The van der Waals surface area contributed by atoms with Gasteiger partial charge in [-0.25, -0.2) is 4.98 Å². The van der Waals surface area contributed by atoms with Gasteiger partial charge in [0.2, 0.25) is 11.8 Å². The lowest BCUT2D eigenvalue weighted by Crippen LogP contribution is -2.29. The number of carbonyl (C=O) groups excluding carboxylic acids is 2. The maximum atomic E-state index is 12.0. The maximum absolute atomic E-state index is 12.0. The minimum absolute atomic E-state index is 0.0778. The van der Waals surface area contributed by atoms with Crippen LogP contribution in [0.25, 0.3) is 10.2 Å². The van der Waals surface area contributed by atoms with E-state index in [-0.39, 0.29) is 17.7 Å². The van der Waals surface area contributed by atoms with Crippen LogP contribution in [0.1, 0.15) is 43.5 Å². The van der Waals surface area contributed by atoms with E-state index in [4.69, 9.17) is 0 Å². The Balaban J connectivity index is 1.30. The number of amides is 2. The van der Waals surface area contributed by atoms with Crippen LogP contribution in [0, 0.1) is 11.8 Å². The van der Waals surface area contributed by atoms with Crippen LogP contribution in [0.2, 0.25) is 0 Å². The maximum Gasteiger partial charge on any atom is 0.226 e. The molecule has 6 heteroatoms. The summed E-state index contributed by atoms with van der Waals surface area (Å²) in [5.74, 6) is 1.30. The summed E-state index contributed by atoms with van der Waals surface area (Å²) in [6, 6.07) is 5.84. The smallest absolute Gasteiger partial charge is 0.226 e. The van der Waals surface area contributed by atoms with Crippen molar-refractivity contribution in [1.82, 2.24) is 10.3 Å². The Morgan fingerprint density at radius 2 is 2.12 bits per heavy atom. The number of benzene rings is 1. The molecule has 2 N–H and O–H groups in total. The second-order valence-corrected chi connectivity index (χ2v) is 7.98. The van der Waals surface area contributed by atoms with Gasteiger partial charge in [-0.3, -0.25) is 9.59 Å². The summed E-state index contributed by atoms with van der Waals surface area (Å²) in [6.45, 7) is 2.46. The molecule has 0 spiro atoms. The second kappa shape index (κ2) is 6.16. The first-order valence-electron chi connectivity index (χ1n) is 8.58. The van der Waals surface area contributed by atoms with Crippen LogP contribution in [0.15, 0.2) is 18.2 Å². The first-order chi connectivity index (χ1) is 11.6. The summed E-state index contributed by atoms with van der Waals surface area (Å²) in [5.41, 5.74) is 1.80. The van der Waals surface area contributed by atoms with Gasteiger partial charge in [-0.1, -0.05) is 6.92 Å². The molecule has 1 aromatic heterocycles. The van der Waals surface area contributed by atoms with Gasteiger partial charge in [0, 0.05) is 30.5 Å². The summed E-state index contributed by atoms with van der Waals surface area (Å²) in [4.78, 5) is 28.4. The molecule has 2 atom stereocenters. The van der Waals surface area contributed by atoms with Crippen LogP contribution in [-0.2, 0) is 9.59 Å². The van der Waals surface area contributed by atoms with E-state index in [0.717, 1.165) is 22.3 Å². The molecule has 1 aromatic carbocycles. The zero-order chi connectivity index (χ0) is 16.7. The first-order valence-corrected chi connectivity index (χ1v) is 9.40. The number of aromatic nitrogens is 1. The van der Waals surface area contributed by atoms with E-state index in [0.29, 0.717) is 24.8 Å². The summed E-state index contributed by atoms with van der Waals surface area (Å²) >= 11 is 1.72. The number of hydrogen-bond acceptors (Lipinski definition) is 4. The van der Waals surface area contributed by atoms with Crippen LogP contribution in [-0.4, -0.2) is 23.3 Å². The van der Waals surface area contributed by atoms with Crippen LogP contribution < -0.4 is 10.6 Å². The van der Waals surface area contributed by atoms with Crippen LogP contribution in [0.3, 0.4) is 0 Å². The van der Waals surface area contributed by atoms with Crippen molar-refractivity contribution in [2.75, 3.05) is 11.9 Å². The van der Waals surface area contributed by atoms with E-state index in [1.54, 1.807) is 11.3 Å². The Morgan fingerprint density at radius 3 is 2.83 bits per heavy atom. The molecule has 0 bridgehead atoms. The number of nitrogens with zero attached hydrogens (tertiary/aromatic N) is 1. The third kappa shape index (κ3) is 3.43. The molecule has 0 saturated heterocycles. The minimum Gasteiger partial charge on any atom is -0.355 e. The van der Waals surface area contributed by atoms with Crippen molar-refractivity contribution in [2.24, 2.45) is 11.8 Å². The van der Waals surface area contributed by atoms with Gasteiger partial charge in [0.25, 0.3) is 0 Å². The van der Waals surface area contributed by atoms with Gasteiger partial charge >= 0.3 is 0 Å². The largest absolute Gasteiger partial charge is 0.355 e. The predicted molar refractivity (Wildman–Crippen MR) is 95.1 cm³/mol. The minimum atomic E-state index is -0.0783. The molecule has 2 amide bonds. The molecular weight excluding hydrogens is 322 g/mol. The average Bonchev–Trinajstić information content (AvgIpc) is 3.46. The van der Waals surface area contributed by atoms with E-state index < -0.39 is 0 Å². The summed E-state index contributed by atoms with van der Waals surface area (Å²) in [5, 5.41) is 6.95. The van der Waals surface area contributed by atoms with Gasteiger partial charge in [-0.05, 0) is 43.4 Å². The molecule has 4 rings (SSSR count). The van der Waals surface area contributed by atoms with Crippen molar-refractivity contribution in [3.05, 3.63) is 23.2 Å². The highest BCUT2D eigenvalue weighted by Gasteiger charge is 2.38. The highest BCUT2D eigenvalue weighted by molar-refractivity contribution is 7.18. The van der Waals surface area contributed by atoms with Gasteiger partial charge in [0.15, 0.2) is 0 Å². The monoisotopic (exact) mass is 343 g/mol. The highest BCUT2D eigenvalue weighted by Crippen LogP contribution is 2.43. The number of thiazole rings is 1. The molecule has 126 valence electrons. The second-order valence-electron chi connectivity index (χ2n) is 6.92. The fraction of sp³-hybridized carbons (Fsp3) is 0.500. The van der Waals surface area contributed by atoms with Crippen LogP contribution >= 0.6 is 11.3 Å². The molecule has 2 fully saturated rings. The van der Waals surface area contributed by atoms with Crippen LogP contribution in [0.4, 0.5) is 5.69 Å². The third-order valence-electron chi connectivity index (χ3n) is 4.71. The van der Waals surface area contributed by atoms with Gasteiger partial charge in [-0.2, -0.15) is 0 Å². The van der Waals surface area contributed by atoms with Gasteiger partial charge < -0.3 is 10.6 Å². The third-order valence-corrected chi connectivity index (χ3v) is 5.89. The summed E-state index contributed by atoms with van der Waals surface area (Å²) in [7, 11) is 0. The fourth-order valence-electron chi connectivity index (χ4n) is 2.87. The fourth-order valence-corrected chi connectivity index (χ4v) is 4.04. The predicted octanol–water partition coefficient (Wildman–Crippen LogP) is 3.27. The number of carbonyl (C=O) groups is 2. The van der Waals surface area contributed by atoms with E-state index >= 15 is 0 Å². The Morgan fingerprint density at radius 1 is 1.33 bits per heavy atom. The first kappa shape index (κ1) is 15.6. The van der Waals surface area contributed by atoms with Gasteiger partial charge in [0.1, 0.15) is 0 Å². The molecule has 1 heterocycles. The van der Waals surface area contributed by atoms with E-state index in [1.807, 2.05) is 18.2 Å². The lowest BCUT2D eigenvalue weighted by molar-refractivity contribution is -0.122. The Bertz CT molecular complexity index is 797. The van der Waals surface area contributed by atoms with Crippen molar-refractivity contribution in [3.8, 4) is 0 Å². The molecule has 2 saturated carbocycles. The SMILES string of the molecule is C[C@@H]1C[C@@H]1C(=O)NCCC(=O)Nc1ccc2nc(C3CC3)sc2c1. The average molecular weight is 343 g/mol. The number of hydrogen-bond donors (Lipinski definition) is 2. The normalized spacial score (nSPS) is 22.4. The van der Waals surface area contributed by atoms with Crippen molar-refractivity contribution in [2.45, 2.75) is 38.5 Å². The zero-order valence-corrected chi connectivity index (χ0v) is 14.5. The molecule has 0 aliphatic heterocycles. The van der Waals surface area contributed by atoms with Gasteiger partial charge in [0.05, 0.1) is 15.2 Å². The standard InChI is InChI=1S/C18H21N3O2S/c1-10-8-13(10)17(23)19-7-6-16(22)20-12-4-5-14-15(9-12)24-18(21-14)11-2-3-11/h4-5,9-11,13H,2-3,6-8H2,1H3,(H,19,23)(H,20,22)/t10-,13+/m1/s1. The molecule has 5 nitrogen and oxygen atoms in total. The molecule has 2 aliphatic carbocycles. The van der Waals surface area contributed by atoms with Gasteiger partial charge in [-0.15, -0.1) is 11.3 Å². The Labute approximate surface area is 144 Å². The number of rotatable bonds is 6.